The van der Waals surface area contributed by atoms with Crippen molar-refractivity contribution in [3.8, 4) is 0 Å². The summed E-state index contributed by atoms with van der Waals surface area (Å²) in [7, 11) is 0. The first-order valence-electron chi connectivity index (χ1n) is 7.11. The summed E-state index contributed by atoms with van der Waals surface area (Å²) < 4.78 is 5.26. The van der Waals surface area contributed by atoms with Gasteiger partial charge in [-0.15, -0.1) is 5.10 Å². The molecule has 3 aromatic rings. The Bertz CT molecular complexity index is 781. The summed E-state index contributed by atoms with van der Waals surface area (Å²) in [6.07, 6.45) is 3.18. The molecule has 1 aromatic carbocycles. The molecule has 118 valence electrons. The van der Waals surface area contributed by atoms with Gasteiger partial charge in [0, 0.05) is 0 Å². The predicted molar refractivity (Wildman–Crippen MR) is 90.1 cm³/mol. The van der Waals surface area contributed by atoms with Crippen molar-refractivity contribution in [2.45, 2.75) is 20.4 Å². The number of furan rings is 1. The number of anilines is 3. The molecule has 3 rings (SSSR count). The van der Waals surface area contributed by atoms with E-state index >= 15 is 0 Å². The molecule has 0 bridgehead atoms. The number of aromatic nitrogens is 3. The van der Waals surface area contributed by atoms with Gasteiger partial charge >= 0.3 is 0 Å². The number of hydrogen-bond acceptors (Lipinski definition) is 6. The maximum Gasteiger partial charge on any atom is 0.249 e. The molecule has 2 heterocycles. The molecular formula is C16H16ClN5O. The SMILES string of the molecule is Cc1cc(C)c(Nc2nncc(NCc3ccco3)n2)c(Cl)c1. The lowest BCUT2D eigenvalue weighted by atomic mass is 10.1. The third-order valence-electron chi connectivity index (χ3n) is 3.25. The van der Waals surface area contributed by atoms with Crippen LogP contribution < -0.4 is 10.6 Å². The topological polar surface area (TPSA) is 75.9 Å². The summed E-state index contributed by atoms with van der Waals surface area (Å²) in [6, 6.07) is 7.66. The molecule has 0 saturated carbocycles. The molecule has 0 spiro atoms. The molecule has 6 nitrogen and oxygen atoms in total. The first-order valence-corrected chi connectivity index (χ1v) is 7.49. The van der Waals surface area contributed by atoms with E-state index in [0.717, 1.165) is 22.6 Å². The van der Waals surface area contributed by atoms with Crippen LogP contribution in [0.1, 0.15) is 16.9 Å². The van der Waals surface area contributed by atoms with Crippen LogP contribution in [0.4, 0.5) is 17.5 Å². The number of halogens is 1. The molecule has 0 aliphatic carbocycles. The summed E-state index contributed by atoms with van der Waals surface area (Å²) in [5.74, 6) is 1.79. The van der Waals surface area contributed by atoms with Gasteiger partial charge < -0.3 is 15.1 Å². The average Bonchev–Trinajstić information content (AvgIpc) is 3.03. The fraction of sp³-hybridized carbons (Fsp3) is 0.188. The smallest absolute Gasteiger partial charge is 0.249 e. The third-order valence-corrected chi connectivity index (χ3v) is 3.55. The molecule has 0 unspecified atom stereocenters. The summed E-state index contributed by atoms with van der Waals surface area (Å²) in [5, 5.41) is 14.8. The van der Waals surface area contributed by atoms with Crippen molar-refractivity contribution in [3.63, 3.8) is 0 Å². The first kappa shape index (κ1) is 15.3. The molecule has 0 atom stereocenters. The lowest BCUT2D eigenvalue weighted by Crippen LogP contribution is -2.06. The van der Waals surface area contributed by atoms with Crippen LogP contribution in [0, 0.1) is 13.8 Å². The van der Waals surface area contributed by atoms with Crippen molar-refractivity contribution < 1.29 is 4.42 Å². The van der Waals surface area contributed by atoms with Gasteiger partial charge in [0.05, 0.1) is 29.7 Å². The number of benzene rings is 1. The number of nitrogens with one attached hydrogen (secondary N) is 2. The van der Waals surface area contributed by atoms with E-state index in [1.54, 1.807) is 12.5 Å². The number of hydrogen-bond donors (Lipinski definition) is 2. The maximum atomic E-state index is 6.29. The number of nitrogens with zero attached hydrogens (tertiary/aromatic N) is 3. The minimum atomic E-state index is 0.378. The standard InChI is InChI=1S/C16H16ClN5O/c1-10-6-11(2)15(13(17)7-10)21-16-20-14(9-19-22-16)18-8-12-4-3-5-23-12/h3-7,9H,8H2,1-2H3,(H2,18,20,21,22). The molecule has 0 aliphatic heterocycles. The first-order chi connectivity index (χ1) is 11.1. The van der Waals surface area contributed by atoms with Gasteiger partial charge in [0.25, 0.3) is 0 Å². The fourth-order valence-corrected chi connectivity index (χ4v) is 2.59. The Labute approximate surface area is 138 Å². The van der Waals surface area contributed by atoms with E-state index in [2.05, 4.69) is 25.8 Å². The summed E-state index contributed by atoms with van der Waals surface area (Å²) in [6.45, 7) is 4.50. The minimum absolute atomic E-state index is 0.378. The van der Waals surface area contributed by atoms with Gasteiger partial charge in [-0.3, -0.25) is 0 Å². The number of aryl methyl sites for hydroxylation is 2. The molecule has 0 fully saturated rings. The van der Waals surface area contributed by atoms with Gasteiger partial charge in [-0.2, -0.15) is 10.1 Å². The van der Waals surface area contributed by atoms with Crippen LogP contribution in [0.5, 0.6) is 0 Å². The fourth-order valence-electron chi connectivity index (χ4n) is 2.22. The number of rotatable bonds is 5. The molecular weight excluding hydrogens is 314 g/mol. The van der Waals surface area contributed by atoms with Crippen LogP contribution >= 0.6 is 11.6 Å². The molecule has 2 N–H and O–H groups in total. The van der Waals surface area contributed by atoms with Crippen molar-refractivity contribution in [1.82, 2.24) is 15.2 Å². The zero-order chi connectivity index (χ0) is 16.2. The van der Waals surface area contributed by atoms with E-state index in [1.165, 1.54) is 0 Å². The van der Waals surface area contributed by atoms with Crippen molar-refractivity contribution >= 4 is 29.1 Å². The Balaban J connectivity index is 1.75. The summed E-state index contributed by atoms with van der Waals surface area (Å²) >= 11 is 6.29. The van der Waals surface area contributed by atoms with E-state index in [1.807, 2.05) is 38.1 Å². The lowest BCUT2D eigenvalue weighted by molar-refractivity contribution is 0.517. The predicted octanol–water partition coefficient (Wildman–Crippen LogP) is 4.09. The van der Waals surface area contributed by atoms with E-state index in [9.17, 15) is 0 Å². The van der Waals surface area contributed by atoms with Crippen LogP contribution in [0.3, 0.4) is 0 Å². The normalized spacial score (nSPS) is 10.6. The van der Waals surface area contributed by atoms with Gasteiger partial charge in [-0.05, 0) is 43.2 Å². The van der Waals surface area contributed by atoms with Crippen LogP contribution in [0.15, 0.2) is 41.1 Å². The Morgan fingerprint density at radius 1 is 1.26 bits per heavy atom. The van der Waals surface area contributed by atoms with Gasteiger partial charge in [-0.1, -0.05) is 17.7 Å². The van der Waals surface area contributed by atoms with Gasteiger partial charge in [0.15, 0.2) is 5.82 Å². The maximum absolute atomic E-state index is 6.29. The van der Waals surface area contributed by atoms with E-state index in [0.29, 0.717) is 23.3 Å². The molecule has 0 aliphatic rings. The summed E-state index contributed by atoms with van der Waals surface area (Å²) in [5.41, 5.74) is 2.90. The summed E-state index contributed by atoms with van der Waals surface area (Å²) in [4.78, 5) is 4.38. The zero-order valence-electron chi connectivity index (χ0n) is 12.8. The van der Waals surface area contributed by atoms with Crippen LogP contribution in [-0.4, -0.2) is 15.2 Å². The van der Waals surface area contributed by atoms with Crippen molar-refractivity contribution in [2.24, 2.45) is 0 Å². The second kappa shape index (κ2) is 6.66. The van der Waals surface area contributed by atoms with Crippen LogP contribution in [-0.2, 0) is 6.54 Å². The highest BCUT2D eigenvalue weighted by atomic mass is 35.5. The molecule has 7 heteroatoms. The molecule has 0 saturated heterocycles. The largest absolute Gasteiger partial charge is 0.467 e. The molecule has 0 radical (unpaired) electrons. The quantitative estimate of drug-likeness (QED) is 0.734. The zero-order valence-corrected chi connectivity index (χ0v) is 13.6. The Morgan fingerprint density at radius 2 is 2.13 bits per heavy atom. The lowest BCUT2D eigenvalue weighted by Gasteiger charge is -2.11. The average molecular weight is 330 g/mol. The highest BCUT2D eigenvalue weighted by molar-refractivity contribution is 6.33. The van der Waals surface area contributed by atoms with Gasteiger partial charge in [-0.25, -0.2) is 0 Å². The molecule has 2 aromatic heterocycles. The Hall–Kier alpha value is -2.60. The highest BCUT2D eigenvalue weighted by Gasteiger charge is 2.08. The second-order valence-electron chi connectivity index (χ2n) is 5.16. The van der Waals surface area contributed by atoms with Crippen LogP contribution in [0.2, 0.25) is 5.02 Å². The van der Waals surface area contributed by atoms with Crippen LogP contribution in [0.25, 0.3) is 0 Å². The van der Waals surface area contributed by atoms with E-state index in [4.69, 9.17) is 16.0 Å². The van der Waals surface area contributed by atoms with Crippen molar-refractivity contribution in [1.29, 1.82) is 0 Å². The molecule has 0 amide bonds. The monoisotopic (exact) mass is 329 g/mol. The highest BCUT2D eigenvalue weighted by Crippen LogP contribution is 2.29. The third kappa shape index (κ3) is 3.78. The van der Waals surface area contributed by atoms with Crippen molar-refractivity contribution in [2.75, 3.05) is 10.6 Å². The van der Waals surface area contributed by atoms with Gasteiger partial charge in [0.1, 0.15) is 5.76 Å². The molecule has 23 heavy (non-hydrogen) atoms. The minimum Gasteiger partial charge on any atom is -0.467 e. The van der Waals surface area contributed by atoms with E-state index in [-0.39, 0.29) is 0 Å². The Morgan fingerprint density at radius 3 is 2.87 bits per heavy atom. The van der Waals surface area contributed by atoms with Gasteiger partial charge in [0.2, 0.25) is 5.95 Å². The van der Waals surface area contributed by atoms with E-state index < -0.39 is 0 Å². The Kier molecular flexibility index (Phi) is 4.43. The van der Waals surface area contributed by atoms with Crippen molar-refractivity contribution in [3.05, 3.63) is 58.6 Å². The second-order valence-corrected chi connectivity index (χ2v) is 5.57.